The molecule has 0 aromatic carbocycles. The Morgan fingerprint density at radius 1 is 1.44 bits per heavy atom. The van der Waals surface area contributed by atoms with Crippen LogP contribution in [0.2, 0.25) is 0 Å². The molecule has 1 aromatic rings. The Morgan fingerprint density at radius 2 is 2.31 bits per heavy atom. The van der Waals surface area contributed by atoms with Crippen LogP contribution in [0.3, 0.4) is 0 Å². The Balaban J connectivity index is 1.88. The highest BCUT2D eigenvalue weighted by molar-refractivity contribution is 7.09. The summed E-state index contributed by atoms with van der Waals surface area (Å²) in [7, 11) is 0. The molecule has 16 heavy (non-hydrogen) atoms. The molecule has 5 heteroatoms. The van der Waals surface area contributed by atoms with Crippen molar-refractivity contribution in [1.82, 2.24) is 10.2 Å². The fourth-order valence-electron chi connectivity index (χ4n) is 1.67. The summed E-state index contributed by atoms with van der Waals surface area (Å²) < 4.78 is 0. The minimum Gasteiger partial charge on any atom is -0.347 e. The second kappa shape index (κ2) is 5.12. The van der Waals surface area contributed by atoms with Gasteiger partial charge in [-0.25, -0.2) is 0 Å². The highest BCUT2D eigenvalue weighted by Crippen LogP contribution is 2.10. The van der Waals surface area contributed by atoms with Crippen LogP contribution in [0.15, 0.2) is 17.5 Å². The zero-order valence-corrected chi connectivity index (χ0v) is 9.76. The lowest BCUT2D eigenvalue weighted by Crippen LogP contribution is -2.36. The molecule has 0 saturated carbocycles. The quantitative estimate of drug-likeness (QED) is 0.840. The van der Waals surface area contributed by atoms with E-state index in [1.807, 2.05) is 11.4 Å². The van der Waals surface area contributed by atoms with E-state index in [0.717, 1.165) is 6.42 Å². The Bertz CT molecular complexity index is 375. The van der Waals surface area contributed by atoms with Gasteiger partial charge in [-0.15, -0.1) is 11.3 Å². The molecule has 0 atom stereocenters. The number of thiophene rings is 1. The van der Waals surface area contributed by atoms with Gasteiger partial charge in [-0.1, -0.05) is 6.07 Å². The Morgan fingerprint density at radius 3 is 3.06 bits per heavy atom. The molecule has 2 heterocycles. The Hall–Kier alpha value is -1.36. The maximum Gasteiger partial charge on any atom is 0.241 e. The standard InChI is InChI=1S/C11H14N2O2S/c14-10-4-6-13(11(15)8-12-10)5-3-9-2-1-7-16-9/h1-2,7H,3-6,8H2,(H,12,14). The van der Waals surface area contributed by atoms with Crippen molar-refractivity contribution >= 4 is 23.2 Å². The van der Waals surface area contributed by atoms with Crippen LogP contribution in [0.1, 0.15) is 11.3 Å². The minimum atomic E-state index is -0.0352. The number of amides is 2. The molecular weight excluding hydrogens is 224 g/mol. The first-order valence-electron chi connectivity index (χ1n) is 5.32. The van der Waals surface area contributed by atoms with E-state index in [1.165, 1.54) is 4.88 Å². The van der Waals surface area contributed by atoms with Crippen molar-refractivity contribution in [3.8, 4) is 0 Å². The molecule has 1 N–H and O–H groups in total. The van der Waals surface area contributed by atoms with E-state index in [4.69, 9.17) is 0 Å². The van der Waals surface area contributed by atoms with Gasteiger partial charge in [0.25, 0.3) is 0 Å². The van der Waals surface area contributed by atoms with Crippen molar-refractivity contribution in [2.75, 3.05) is 19.6 Å². The fourth-order valence-corrected chi connectivity index (χ4v) is 2.37. The van der Waals surface area contributed by atoms with E-state index in [-0.39, 0.29) is 18.4 Å². The van der Waals surface area contributed by atoms with Crippen LogP contribution in [-0.4, -0.2) is 36.3 Å². The number of hydrogen-bond donors (Lipinski definition) is 1. The minimum absolute atomic E-state index is 0.0161. The second-order valence-electron chi connectivity index (χ2n) is 3.74. The molecule has 1 aliphatic rings. The van der Waals surface area contributed by atoms with E-state index < -0.39 is 0 Å². The molecule has 2 amide bonds. The number of rotatable bonds is 3. The van der Waals surface area contributed by atoms with Crippen molar-refractivity contribution in [1.29, 1.82) is 0 Å². The van der Waals surface area contributed by atoms with Gasteiger partial charge in [0, 0.05) is 24.4 Å². The third-order valence-electron chi connectivity index (χ3n) is 2.61. The number of carbonyl (C=O) groups excluding carboxylic acids is 2. The van der Waals surface area contributed by atoms with Crippen LogP contribution in [0.25, 0.3) is 0 Å². The number of nitrogens with one attached hydrogen (secondary N) is 1. The van der Waals surface area contributed by atoms with Gasteiger partial charge in [-0.05, 0) is 17.9 Å². The number of hydrogen-bond acceptors (Lipinski definition) is 3. The summed E-state index contributed by atoms with van der Waals surface area (Å²) in [5.74, 6) is -0.0191. The molecule has 86 valence electrons. The fraction of sp³-hybridized carbons (Fsp3) is 0.455. The number of carbonyl (C=O) groups is 2. The molecule has 0 bridgehead atoms. The van der Waals surface area contributed by atoms with E-state index >= 15 is 0 Å². The Labute approximate surface area is 98.3 Å². The van der Waals surface area contributed by atoms with Crippen LogP contribution in [0, 0.1) is 0 Å². The summed E-state index contributed by atoms with van der Waals surface area (Å²) in [5, 5.41) is 4.62. The van der Waals surface area contributed by atoms with Crippen molar-refractivity contribution in [2.45, 2.75) is 12.8 Å². The summed E-state index contributed by atoms with van der Waals surface area (Å²) in [5.41, 5.74) is 0. The third kappa shape index (κ3) is 2.82. The lowest BCUT2D eigenvalue weighted by Gasteiger charge is -2.18. The van der Waals surface area contributed by atoms with E-state index in [2.05, 4.69) is 11.4 Å². The van der Waals surface area contributed by atoms with Crippen LogP contribution >= 0.6 is 11.3 Å². The summed E-state index contributed by atoms with van der Waals surface area (Å²) >= 11 is 1.70. The van der Waals surface area contributed by atoms with Crippen LogP contribution < -0.4 is 5.32 Å². The summed E-state index contributed by atoms with van der Waals surface area (Å²) in [6, 6.07) is 4.08. The SMILES string of the molecule is O=C1CCN(CCc2cccs2)C(=O)CN1. The largest absolute Gasteiger partial charge is 0.347 e. The highest BCUT2D eigenvalue weighted by Gasteiger charge is 2.19. The first-order chi connectivity index (χ1) is 7.75. The molecule has 0 unspecified atom stereocenters. The average Bonchev–Trinajstić information content (AvgIpc) is 2.73. The van der Waals surface area contributed by atoms with Gasteiger partial charge < -0.3 is 10.2 Å². The van der Waals surface area contributed by atoms with E-state index in [9.17, 15) is 9.59 Å². The molecule has 1 aromatic heterocycles. The lowest BCUT2D eigenvalue weighted by molar-refractivity contribution is -0.130. The molecule has 0 spiro atoms. The second-order valence-corrected chi connectivity index (χ2v) is 4.77. The maximum atomic E-state index is 11.6. The molecule has 1 aliphatic heterocycles. The lowest BCUT2D eigenvalue weighted by atomic mass is 10.3. The topological polar surface area (TPSA) is 49.4 Å². The van der Waals surface area contributed by atoms with Crippen LogP contribution in [-0.2, 0) is 16.0 Å². The summed E-state index contributed by atoms with van der Waals surface area (Å²) in [6.45, 7) is 1.38. The molecule has 1 fully saturated rings. The molecule has 4 nitrogen and oxygen atoms in total. The third-order valence-corrected chi connectivity index (χ3v) is 3.54. The van der Waals surface area contributed by atoms with Gasteiger partial charge >= 0.3 is 0 Å². The van der Waals surface area contributed by atoms with Crippen molar-refractivity contribution < 1.29 is 9.59 Å². The van der Waals surface area contributed by atoms with Gasteiger partial charge in [0.2, 0.25) is 11.8 Å². The molecule has 0 radical (unpaired) electrons. The first kappa shape index (κ1) is 11.1. The molecule has 1 saturated heterocycles. The molecular formula is C11H14N2O2S. The number of nitrogens with zero attached hydrogens (tertiary/aromatic N) is 1. The zero-order valence-electron chi connectivity index (χ0n) is 8.94. The average molecular weight is 238 g/mol. The first-order valence-corrected chi connectivity index (χ1v) is 6.20. The smallest absolute Gasteiger partial charge is 0.241 e. The summed E-state index contributed by atoms with van der Waals surface area (Å²) in [6.07, 6.45) is 1.29. The van der Waals surface area contributed by atoms with Gasteiger partial charge in [0.05, 0.1) is 6.54 Å². The van der Waals surface area contributed by atoms with Gasteiger partial charge in [0.1, 0.15) is 0 Å². The predicted molar refractivity (Wildman–Crippen MR) is 62.2 cm³/mol. The molecule has 0 aliphatic carbocycles. The van der Waals surface area contributed by atoms with E-state index in [0.29, 0.717) is 19.5 Å². The van der Waals surface area contributed by atoms with E-state index in [1.54, 1.807) is 16.2 Å². The zero-order chi connectivity index (χ0) is 11.4. The van der Waals surface area contributed by atoms with Gasteiger partial charge in [0.15, 0.2) is 0 Å². The normalized spacial score (nSPS) is 17.1. The van der Waals surface area contributed by atoms with Crippen molar-refractivity contribution in [3.05, 3.63) is 22.4 Å². The van der Waals surface area contributed by atoms with Gasteiger partial charge in [-0.2, -0.15) is 0 Å². The summed E-state index contributed by atoms with van der Waals surface area (Å²) in [4.78, 5) is 25.8. The molecule has 2 rings (SSSR count). The van der Waals surface area contributed by atoms with Crippen molar-refractivity contribution in [2.24, 2.45) is 0 Å². The van der Waals surface area contributed by atoms with Crippen LogP contribution in [0.5, 0.6) is 0 Å². The maximum absolute atomic E-state index is 11.6. The van der Waals surface area contributed by atoms with Crippen LogP contribution in [0.4, 0.5) is 0 Å². The predicted octanol–water partition coefficient (Wildman–Crippen LogP) is 0.639. The van der Waals surface area contributed by atoms with Gasteiger partial charge in [-0.3, -0.25) is 9.59 Å². The highest BCUT2D eigenvalue weighted by atomic mass is 32.1. The Kier molecular flexibility index (Phi) is 3.56. The monoisotopic (exact) mass is 238 g/mol. The van der Waals surface area contributed by atoms with Crippen molar-refractivity contribution in [3.63, 3.8) is 0 Å².